The van der Waals surface area contributed by atoms with Crippen LogP contribution in [-0.4, -0.2) is 17.3 Å². The number of aromatic nitrogens is 1. The van der Waals surface area contributed by atoms with E-state index < -0.39 is 0 Å². The highest BCUT2D eigenvalue weighted by Crippen LogP contribution is 2.28. The van der Waals surface area contributed by atoms with Gasteiger partial charge in [0.2, 0.25) is 0 Å². The standard InChI is InChI=1S/C9H12N2S/c1-7-3-2-4-8(11-7)9-10-5-6-12-9/h2-4,9-10H,5-6H2,1H3. The smallest absolute Gasteiger partial charge is 0.0962 e. The van der Waals surface area contributed by atoms with Gasteiger partial charge in [0.15, 0.2) is 0 Å². The second kappa shape index (κ2) is 3.46. The van der Waals surface area contributed by atoms with Crippen LogP contribution in [0.3, 0.4) is 0 Å². The van der Waals surface area contributed by atoms with Gasteiger partial charge in [0.25, 0.3) is 0 Å². The van der Waals surface area contributed by atoms with Crippen molar-refractivity contribution in [2.24, 2.45) is 0 Å². The molecule has 1 aliphatic rings. The van der Waals surface area contributed by atoms with Crippen molar-refractivity contribution in [1.29, 1.82) is 0 Å². The number of hydrogen-bond acceptors (Lipinski definition) is 3. The zero-order valence-electron chi connectivity index (χ0n) is 7.08. The van der Waals surface area contributed by atoms with E-state index >= 15 is 0 Å². The lowest BCUT2D eigenvalue weighted by Crippen LogP contribution is -2.13. The zero-order chi connectivity index (χ0) is 8.39. The van der Waals surface area contributed by atoms with Crippen molar-refractivity contribution < 1.29 is 0 Å². The molecule has 1 N–H and O–H groups in total. The highest BCUT2D eigenvalue weighted by molar-refractivity contribution is 7.99. The molecule has 1 atom stereocenters. The van der Waals surface area contributed by atoms with Crippen molar-refractivity contribution in [2.75, 3.05) is 12.3 Å². The van der Waals surface area contributed by atoms with E-state index in [9.17, 15) is 0 Å². The summed E-state index contributed by atoms with van der Waals surface area (Å²) < 4.78 is 0. The summed E-state index contributed by atoms with van der Waals surface area (Å²) in [6, 6.07) is 6.18. The molecule has 2 rings (SSSR count). The Morgan fingerprint density at radius 3 is 3.17 bits per heavy atom. The molecule has 0 aromatic carbocycles. The van der Waals surface area contributed by atoms with Crippen molar-refractivity contribution in [3.63, 3.8) is 0 Å². The first-order valence-electron chi connectivity index (χ1n) is 4.15. The topological polar surface area (TPSA) is 24.9 Å². The maximum atomic E-state index is 4.47. The van der Waals surface area contributed by atoms with E-state index in [0.717, 1.165) is 17.9 Å². The third-order valence-corrected chi connectivity index (χ3v) is 3.08. The largest absolute Gasteiger partial charge is 0.300 e. The van der Waals surface area contributed by atoms with E-state index in [-0.39, 0.29) is 0 Å². The van der Waals surface area contributed by atoms with Gasteiger partial charge in [0.1, 0.15) is 0 Å². The average molecular weight is 180 g/mol. The Bertz CT molecular complexity index is 269. The number of thioether (sulfide) groups is 1. The summed E-state index contributed by atoms with van der Waals surface area (Å²) in [4.78, 5) is 4.47. The molecule has 3 heteroatoms. The molecule has 0 spiro atoms. The number of nitrogens with one attached hydrogen (secondary N) is 1. The van der Waals surface area contributed by atoms with Gasteiger partial charge in [-0.2, -0.15) is 0 Å². The monoisotopic (exact) mass is 180 g/mol. The molecule has 1 aromatic rings. The van der Waals surface area contributed by atoms with Crippen LogP contribution in [0.2, 0.25) is 0 Å². The van der Waals surface area contributed by atoms with Crippen LogP contribution in [-0.2, 0) is 0 Å². The van der Waals surface area contributed by atoms with E-state index in [4.69, 9.17) is 0 Å². The average Bonchev–Trinajstić information content (AvgIpc) is 2.56. The lowest BCUT2D eigenvalue weighted by atomic mass is 10.3. The van der Waals surface area contributed by atoms with Gasteiger partial charge in [-0.25, -0.2) is 0 Å². The van der Waals surface area contributed by atoms with Crippen LogP contribution in [0.1, 0.15) is 16.8 Å². The first-order valence-corrected chi connectivity index (χ1v) is 5.20. The van der Waals surface area contributed by atoms with Gasteiger partial charge in [-0.05, 0) is 19.1 Å². The fourth-order valence-electron chi connectivity index (χ4n) is 1.33. The summed E-state index contributed by atoms with van der Waals surface area (Å²) in [6.07, 6.45) is 0. The molecule has 0 radical (unpaired) electrons. The molecule has 2 heterocycles. The molecule has 12 heavy (non-hydrogen) atoms. The van der Waals surface area contributed by atoms with Gasteiger partial charge in [0, 0.05) is 18.0 Å². The fraction of sp³-hybridized carbons (Fsp3) is 0.444. The summed E-state index contributed by atoms with van der Waals surface area (Å²) in [5.74, 6) is 1.19. The number of aryl methyl sites for hydroxylation is 1. The van der Waals surface area contributed by atoms with Crippen LogP contribution in [0.5, 0.6) is 0 Å². The van der Waals surface area contributed by atoms with Crippen LogP contribution in [0.25, 0.3) is 0 Å². The Labute approximate surface area is 76.8 Å². The lowest BCUT2D eigenvalue weighted by Gasteiger charge is -2.08. The van der Waals surface area contributed by atoms with Crippen LogP contribution in [0.15, 0.2) is 18.2 Å². The van der Waals surface area contributed by atoms with Crippen molar-refractivity contribution in [2.45, 2.75) is 12.3 Å². The number of pyridine rings is 1. The van der Waals surface area contributed by atoms with Crippen LogP contribution in [0, 0.1) is 6.92 Å². The molecule has 1 unspecified atom stereocenters. The first kappa shape index (κ1) is 8.08. The van der Waals surface area contributed by atoms with Crippen LogP contribution >= 0.6 is 11.8 Å². The van der Waals surface area contributed by atoms with E-state index in [2.05, 4.69) is 22.4 Å². The Hall–Kier alpha value is -0.540. The molecular weight excluding hydrogens is 168 g/mol. The second-order valence-corrected chi connectivity index (χ2v) is 4.12. The van der Waals surface area contributed by atoms with Gasteiger partial charge < -0.3 is 0 Å². The maximum Gasteiger partial charge on any atom is 0.0962 e. The quantitative estimate of drug-likeness (QED) is 0.712. The molecule has 0 saturated carbocycles. The molecule has 2 nitrogen and oxygen atoms in total. The molecule has 0 bridgehead atoms. The highest BCUT2D eigenvalue weighted by Gasteiger charge is 2.17. The minimum Gasteiger partial charge on any atom is -0.300 e. The van der Waals surface area contributed by atoms with E-state index in [1.807, 2.05) is 24.8 Å². The Morgan fingerprint density at radius 2 is 2.50 bits per heavy atom. The van der Waals surface area contributed by atoms with Gasteiger partial charge in [-0.3, -0.25) is 10.3 Å². The number of hydrogen-bond donors (Lipinski definition) is 1. The summed E-state index contributed by atoms with van der Waals surface area (Å²) in [5, 5.41) is 3.82. The molecule has 64 valence electrons. The zero-order valence-corrected chi connectivity index (χ0v) is 7.90. The normalized spacial score (nSPS) is 22.9. The van der Waals surface area contributed by atoms with Crippen LogP contribution in [0.4, 0.5) is 0 Å². The van der Waals surface area contributed by atoms with Crippen molar-refractivity contribution in [1.82, 2.24) is 10.3 Å². The lowest BCUT2D eigenvalue weighted by molar-refractivity contribution is 0.730. The van der Waals surface area contributed by atoms with Crippen molar-refractivity contribution >= 4 is 11.8 Å². The Balaban J connectivity index is 2.21. The highest BCUT2D eigenvalue weighted by atomic mass is 32.2. The van der Waals surface area contributed by atoms with E-state index in [1.165, 1.54) is 5.75 Å². The predicted molar refractivity (Wildman–Crippen MR) is 52.2 cm³/mol. The molecular formula is C9H12N2S. The van der Waals surface area contributed by atoms with Gasteiger partial charge >= 0.3 is 0 Å². The second-order valence-electron chi connectivity index (χ2n) is 2.91. The third kappa shape index (κ3) is 1.62. The number of rotatable bonds is 1. The van der Waals surface area contributed by atoms with Gasteiger partial charge in [-0.1, -0.05) is 6.07 Å². The van der Waals surface area contributed by atoms with Crippen molar-refractivity contribution in [3.8, 4) is 0 Å². The minimum atomic E-state index is 0.421. The SMILES string of the molecule is Cc1cccc(C2NCCS2)n1. The summed E-state index contributed by atoms with van der Waals surface area (Å²) in [5.41, 5.74) is 2.26. The number of nitrogens with zero attached hydrogens (tertiary/aromatic N) is 1. The summed E-state index contributed by atoms with van der Waals surface area (Å²) in [6.45, 7) is 3.13. The fourth-order valence-corrected chi connectivity index (χ4v) is 2.33. The van der Waals surface area contributed by atoms with Gasteiger partial charge in [-0.15, -0.1) is 11.8 Å². The maximum absolute atomic E-state index is 4.47. The molecule has 1 aromatic heterocycles. The summed E-state index contributed by atoms with van der Waals surface area (Å²) in [7, 11) is 0. The molecule has 0 amide bonds. The third-order valence-electron chi connectivity index (χ3n) is 1.89. The van der Waals surface area contributed by atoms with Gasteiger partial charge in [0.05, 0.1) is 11.1 Å². The summed E-state index contributed by atoms with van der Waals surface area (Å²) >= 11 is 1.93. The first-order chi connectivity index (χ1) is 5.86. The minimum absolute atomic E-state index is 0.421. The molecule has 1 fully saturated rings. The van der Waals surface area contributed by atoms with E-state index in [1.54, 1.807) is 0 Å². The molecule has 1 saturated heterocycles. The molecule has 1 aliphatic heterocycles. The van der Waals surface area contributed by atoms with E-state index in [0.29, 0.717) is 5.37 Å². The Kier molecular flexibility index (Phi) is 2.33. The van der Waals surface area contributed by atoms with Crippen molar-refractivity contribution in [3.05, 3.63) is 29.6 Å². The van der Waals surface area contributed by atoms with Crippen LogP contribution < -0.4 is 5.32 Å². The Morgan fingerprint density at radius 1 is 1.58 bits per heavy atom. The molecule has 0 aliphatic carbocycles. The predicted octanol–water partition coefficient (Wildman–Crippen LogP) is 1.73.